The molecule has 0 atom stereocenters. The van der Waals surface area contributed by atoms with Crippen molar-refractivity contribution in [3.63, 3.8) is 0 Å². The van der Waals surface area contributed by atoms with Gasteiger partial charge in [0.05, 0.1) is 12.0 Å². The van der Waals surface area contributed by atoms with Gasteiger partial charge in [0.15, 0.2) is 0 Å². The molecular weight excluding hydrogens is 291 g/mol. The Bertz CT molecular complexity index is 762. The maximum absolute atomic E-state index is 13.6. The fraction of sp³-hybridized carbons (Fsp3) is 0.125. The van der Waals surface area contributed by atoms with Gasteiger partial charge in [0.25, 0.3) is 0 Å². The predicted molar refractivity (Wildman–Crippen MR) is 80.1 cm³/mol. The van der Waals surface area contributed by atoms with Gasteiger partial charge in [0, 0.05) is 11.4 Å². The van der Waals surface area contributed by atoms with Crippen molar-refractivity contribution in [3.8, 4) is 5.88 Å². The standard InChI is InChI=1S/C16H12ClFN2O/c17-12-6-4-11(5-7-12)8-9-21-16-13-2-1-3-14(18)15(13)19-10-20-16/h1-7,10H,8-9H2. The van der Waals surface area contributed by atoms with Crippen molar-refractivity contribution in [3.05, 3.63) is 65.2 Å². The van der Waals surface area contributed by atoms with E-state index in [4.69, 9.17) is 16.3 Å². The highest BCUT2D eigenvalue weighted by atomic mass is 35.5. The van der Waals surface area contributed by atoms with Crippen LogP contribution >= 0.6 is 11.6 Å². The Morgan fingerprint density at radius 1 is 1.05 bits per heavy atom. The fourth-order valence-electron chi connectivity index (χ4n) is 2.06. The van der Waals surface area contributed by atoms with Gasteiger partial charge in [-0.25, -0.2) is 14.4 Å². The molecule has 0 amide bonds. The summed E-state index contributed by atoms with van der Waals surface area (Å²) in [7, 11) is 0. The van der Waals surface area contributed by atoms with Gasteiger partial charge in [-0.15, -0.1) is 0 Å². The first kappa shape index (κ1) is 13.8. The Hall–Kier alpha value is -2.20. The highest BCUT2D eigenvalue weighted by Gasteiger charge is 2.08. The summed E-state index contributed by atoms with van der Waals surface area (Å²) < 4.78 is 19.3. The Labute approximate surface area is 126 Å². The van der Waals surface area contributed by atoms with E-state index >= 15 is 0 Å². The molecule has 3 nitrogen and oxygen atoms in total. The Morgan fingerprint density at radius 2 is 1.86 bits per heavy atom. The third kappa shape index (κ3) is 3.11. The smallest absolute Gasteiger partial charge is 0.224 e. The summed E-state index contributed by atoms with van der Waals surface area (Å²) in [6.07, 6.45) is 2.03. The molecule has 1 heterocycles. The van der Waals surface area contributed by atoms with Crippen LogP contribution in [0.15, 0.2) is 48.8 Å². The number of para-hydroxylation sites is 1. The van der Waals surface area contributed by atoms with Gasteiger partial charge in [-0.1, -0.05) is 29.8 Å². The van der Waals surface area contributed by atoms with Crippen LogP contribution in [0.5, 0.6) is 5.88 Å². The zero-order chi connectivity index (χ0) is 14.7. The first-order valence-corrected chi connectivity index (χ1v) is 6.88. The number of ether oxygens (including phenoxy) is 1. The molecule has 3 aromatic rings. The number of hydrogen-bond acceptors (Lipinski definition) is 3. The van der Waals surface area contributed by atoms with Gasteiger partial charge in [-0.05, 0) is 29.8 Å². The highest BCUT2D eigenvalue weighted by molar-refractivity contribution is 6.30. The van der Waals surface area contributed by atoms with Crippen LogP contribution in [-0.4, -0.2) is 16.6 Å². The van der Waals surface area contributed by atoms with Crippen molar-refractivity contribution < 1.29 is 9.13 Å². The number of aromatic nitrogens is 2. The molecule has 0 bridgehead atoms. The second-order valence-electron chi connectivity index (χ2n) is 4.54. The Balaban J connectivity index is 1.73. The molecule has 0 radical (unpaired) electrons. The van der Waals surface area contributed by atoms with Crippen LogP contribution < -0.4 is 4.74 Å². The van der Waals surface area contributed by atoms with E-state index in [1.54, 1.807) is 12.1 Å². The monoisotopic (exact) mass is 302 g/mol. The summed E-state index contributed by atoms with van der Waals surface area (Å²) in [5.41, 5.74) is 1.39. The molecule has 1 aromatic heterocycles. The van der Waals surface area contributed by atoms with E-state index in [0.717, 1.165) is 12.0 Å². The van der Waals surface area contributed by atoms with Crippen LogP contribution in [0, 0.1) is 5.82 Å². The van der Waals surface area contributed by atoms with Crippen molar-refractivity contribution in [2.24, 2.45) is 0 Å². The minimum Gasteiger partial charge on any atom is -0.477 e. The van der Waals surface area contributed by atoms with Crippen LogP contribution in [0.2, 0.25) is 5.02 Å². The molecule has 0 aliphatic heterocycles. The topological polar surface area (TPSA) is 35.0 Å². The lowest BCUT2D eigenvalue weighted by atomic mass is 10.2. The second-order valence-corrected chi connectivity index (χ2v) is 4.98. The molecule has 0 N–H and O–H groups in total. The molecule has 0 fully saturated rings. The van der Waals surface area contributed by atoms with E-state index < -0.39 is 0 Å². The van der Waals surface area contributed by atoms with E-state index in [9.17, 15) is 4.39 Å². The molecule has 0 saturated heterocycles. The lowest BCUT2D eigenvalue weighted by Gasteiger charge is -2.08. The highest BCUT2D eigenvalue weighted by Crippen LogP contribution is 2.23. The summed E-state index contributed by atoms with van der Waals surface area (Å²) in [6.45, 7) is 0.449. The van der Waals surface area contributed by atoms with Crippen LogP contribution in [0.4, 0.5) is 4.39 Å². The van der Waals surface area contributed by atoms with Gasteiger partial charge in [0.2, 0.25) is 5.88 Å². The fourth-order valence-corrected chi connectivity index (χ4v) is 2.19. The molecule has 0 unspecified atom stereocenters. The maximum Gasteiger partial charge on any atom is 0.224 e. The summed E-state index contributed by atoms with van der Waals surface area (Å²) >= 11 is 5.84. The van der Waals surface area contributed by atoms with E-state index in [0.29, 0.717) is 22.9 Å². The van der Waals surface area contributed by atoms with Crippen molar-refractivity contribution in [1.82, 2.24) is 9.97 Å². The summed E-state index contributed by atoms with van der Waals surface area (Å²) in [6, 6.07) is 12.3. The maximum atomic E-state index is 13.6. The van der Waals surface area contributed by atoms with Gasteiger partial charge in [-0.3, -0.25) is 0 Å². The van der Waals surface area contributed by atoms with Crippen LogP contribution in [0.25, 0.3) is 10.9 Å². The largest absolute Gasteiger partial charge is 0.477 e. The average molecular weight is 303 g/mol. The predicted octanol–water partition coefficient (Wildman–Crippen LogP) is 4.04. The molecule has 0 aliphatic rings. The lowest BCUT2D eigenvalue weighted by molar-refractivity contribution is 0.313. The van der Waals surface area contributed by atoms with E-state index in [1.165, 1.54) is 12.4 Å². The first-order chi connectivity index (χ1) is 10.2. The minimum absolute atomic E-state index is 0.272. The van der Waals surface area contributed by atoms with Crippen molar-refractivity contribution in [2.45, 2.75) is 6.42 Å². The molecule has 0 saturated carbocycles. The first-order valence-electron chi connectivity index (χ1n) is 6.50. The van der Waals surface area contributed by atoms with Gasteiger partial charge in [-0.2, -0.15) is 0 Å². The zero-order valence-electron chi connectivity index (χ0n) is 11.1. The van der Waals surface area contributed by atoms with E-state index in [1.807, 2.05) is 24.3 Å². The average Bonchev–Trinajstić information content (AvgIpc) is 2.50. The van der Waals surface area contributed by atoms with Gasteiger partial charge < -0.3 is 4.74 Å². The van der Waals surface area contributed by atoms with Gasteiger partial charge >= 0.3 is 0 Å². The number of halogens is 2. The molecule has 5 heteroatoms. The molecule has 0 spiro atoms. The quantitative estimate of drug-likeness (QED) is 0.729. The molecule has 106 valence electrons. The number of hydrogen-bond donors (Lipinski definition) is 0. The molecule has 0 aliphatic carbocycles. The SMILES string of the molecule is Fc1cccc2c(OCCc3ccc(Cl)cc3)ncnc12. The second kappa shape index (κ2) is 6.06. The summed E-state index contributed by atoms with van der Waals surface area (Å²) in [5.74, 6) is 0.0194. The number of fused-ring (bicyclic) bond motifs is 1. The molecule has 2 aromatic carbocycles. The van der Waals surface area contributed by atoms with Crippen LogP contribution in [-0.2, 0) is 6.42 Å². The number of benzene rings is 2. The van der Waals surface area contributed by atoms with E-state index in [-0.39, 0.29) is 11.3 Å². The van der Waals surface area contributed by atoms with Crippen LogP contribution in [0.1, 0.15) is 5.56 Å². The third-order valence-electron chi connectivity index (χ3n) is 3.12. The Morgan fingerprint density at radius 3 is 2.67 bits per heavy atom. The van der Waals surface area contributed by atoms with E-state index in [2.05, 4.69) is 9.97 Å². The van der Waals surface area contributed by atoms with Gasteiger partial charge in [0.1, 0.15) is 17.7 Å². The summed E-state index contributed by atoms with van der Waals surface area (Å²) in [5, 5.41) is 1.28. The lowest BCUT2D eigenvalue weighted by Crippen LogP contribution is -2.03. The Kier molecular flexibility index (Phi) is 3.97. The number of rotatable bonds is 4. The molecule has 21 heavy (non-hydrogen) atoms. The normalized spacial score (nSPS) is 10.8. The van der Waals surface area contributed by atoms with Crippen molar-refractivity contribution in [1.29, 1.82) is 0 Å². The zero-order valence-corrected chi connectivity index (χ0v) is 11.8. The summed E-state index contributed by atoms with van der Waals surface area (Å²) in [4.78, 5) is 8.01. The molecular formula is C16H12ClFN2O. The molecule has 3 rings (SSSR count). The van der Waals surface area contributed by atoms with Crippen LogP contribution in [0.3, 0.4) is 0 Å². The van der Waals surface area contributed by atoms with Crippen molar-refractivity contribution in [2.75, 3.05) is 6.61 Å². The third-order valence-corrected chi connectivity index (χ3v) is 3.37. The minimum atomic E-state index is -0.377. The number of nitrogens with zero attached hydrogens (tertiary/aromatic N) is 2. The van der Waals surface area contributed by atoms with Crippen molar-refractivity contribution >= 4 is 22.5 Å².